The van der Waals surface area contributed by atoms with E-state index in [1.807, 2.05) is 19.9 Å². The SMILES string of the molecule is CCC1(C(=O)Nc2cc(C)c(Br)cn2)CCCN1. The lowest BCUT2D eigenvalue weighted by atomic mass is 9.93. The van der Waals surface area contributed by atoms with E-state index in [-0.39, 0.29) is 5.91 Å². The molecule has 0 bridgehead atoms. The molecule has 1 aromatic rings. The fraction of sp³-hybridized carbons (Fsp3) is 0.538. The molecule has 1 atom stereocenters. The van der Waals surface area contributed by atoms with Gasteiger partial charge in [-0.25, -0.2) is 4.98 Å². The van der Waals surface area contributed by atoms with Crippen LogP contribution in [0.15, 0.2) is 16.7 Å². The van der Waals surface area contributed by atoms with E-state index in [1.165, 1.54) is 0 Å². The monoisotopic (exact) mass is 311 g/mol. The molecule has 0 aliphatic carbocycles. The van der Waals surface area contributed by atoms with E-state index in [0.717, 1.165) is 35.8 Å². The van der Waals surface area contributed by atoms with Gasteiger partial charge in [-0.2, -0.15) is 0 Å². The number of halogens is 1. The molecular weight excluding hydrogens is 294 g/mol. The molecule has 1 saturated heterocycles. The van der Waals surface area contributed by atoms with Gasteiger partial charge >= 0.3 is 0 Å². The maximum atomic E-state index is 12.3. The Morgan fingerprint density at radius 3 is 3.00 bits per heavy atom. The molecule has 2 rings (SSSR count). The number of rotatable bonds is 3. The van der Waals surface area contributed by atoms with Gasteiger partial charge in [-0.05, 0) is 60.3 Å². The van der Waals surface area contributed by atoms with Crippen molar-refractivity contribution >= 4 is 27.7 Å². The number of amides is 1. The predicted molar refractivity (Wildman–Crippen MR) is 75.6 cm³/mol. The zero-order valence-electron chi connectivity index (χ0n) is 10.7. The average molecular weight is 312 g/mol. The largest absolute Gasteiger partial charge is 0.309 e. The third kappa shape index (κ3) is 2.57. The van der Waals surface area contributed by atoms with Crippen LogP contribution in [0.3, 0.4) is 0 Å². The van der Waals surface area contributed by atoms with Gasteiger partial charge in [0, 0.05) is 10.7 Å². The van der Waals surface area contributed by atoms with Crippen LogP contribution in [0, 0.1) is 6.92 Å². The van der Waals surface area contributed by atoms with Gasteiger partial charge in [-0.1, -0.05) is 6.92 Å². The van der Waals surface area contributed by atoms with Crippen LogP contribution in [0.4, 0.5) is 5.82 Å². The van der Waals surface area contributed by atoms with Crippen LogP contribution in [0.5, 0.6) is 0 Å². The van der Waals surface area contributed by atoms with Crippen molar-refractivity contribution < 1.29 is 4.79 Å². The Labute approximate surface area is 116 Å². The number of carbonyl (C=O) groups is 1. The molecule has 1 unspecified atom stereocenters. The van der Waals surface area contributed by atoms with Gasteiger partial charge < -0.3 is 10.6 Å². The lowest BCUT2D eigenvalue weighted by Gasteiger charge is -2.26. The van der Waals surface area contributed by atoms with E-state index in [9.17, 15) is 4.79 Å². The number of aromatic nitrogens is 1. The first-order chi connectivity index (χ1) is 8.57. The fourth-order valence-electron chi connectivity index (χ4n) is 2.31. The molecule has 0 aromatic carbocycles. The zero-order chi connectivity index (χ0) is 13.2. The first-order valence-corrected chi connectivity index (χ1v) is 7.05. The third-order valence-electron chi connectivity index (χ3n) is 3.57. The highest BCUT2D eigenvalue weighted by atomic mass is 79.9. The predicted octanol–water partition coefficient (Wildman–Crippen LogP) is 2.62. The highest BCUT2D eigenvalue weighted by molar-refractivity contribution is 9.10. The summed E-state index contributed by atoms with van der Waals surface area (Å²) in [7, 11) is 0. The second-order valence-electron chi connectivity index (χ2n) is 4.74. The van der Waals surface area contributed by atoms with Gasteiger partial charge in [-0.3, -0.25) is 4.79 Å². The topological polar surface area (TPSA) is 54.0 Å². The Balaban J connectivity index is 2.13. The van der Waals surface area contributed by atoms with Gasteiger partial charge in [0.15, 0.2) is 0 Å². The van der Waals surface area contributed by atoms with Gasteiger partial charge in [0.05, 0.1) is 5.54 Å². The summed E-state index contributed by atoms with van der Waals surface area (Å²) < 4.78 is 0.949. The molecule has 1 aliphatic heterocycles. The molecule has 1 fully saturated rings. The van der Waals surface area contributed by atoms with Crippen molar-refractivity contribution in [1.29, 1.82) is 0 Å². The lowest BCUT2D eigenvalue weighted by molar-refractivity contribution is -0.122. The van der Waals surface area contributed by atoms with Gasteiger partial charge in [0.2, 0.25) is 5.91 Å². The maximum absolute atomic E-state index is 12.3. The molecule has 4 nitrogen and oxygen atoms in total. The molecule has 18 heavy (non-hydrogen) atoms. The van der Waals surface area contributed by atoms with Crippen LogP contribution in [0.2, 0.25) is 0 Å². The van der Waals surface area contributed by atoms with Crippen molar-refractivity contribution in [3.05, 3.63) is 22.3 Å². The minimum atomic E-state index is -0.414. The lowest BCUT2D eigenvalue weighted by Crippen LogP contribution is -2.50. The summed E-state index contributed by atoms with van der Waals surface area (Å²) in [4.78, 5) is 16.5. The van der Waals surface area contributed by atoms with Crippen LogP contribution in [-0.4, -0.2) is 23.0 Å². The van der Waals surface area contributed by atoms with Crippen molar-refractivity contribution in [2.24, 2.45) is 0 Å². The number of carbonyl (C=O) groups excluding carboxylic acids is 1. The minimum Gasteiger partial charge on any atom is -0.309 e. The molecule has 1 aromatic heterocycles. The minimum absolute atomic E-state index is 0.0247. The first kappa shape index (κ1) is 13.5. The summed E-state index contributed by atoms with van der Waals surface area (Å²) in [6.07, 6.45) is 4.46. The van der Waals surface area contributed by atoms with Crippen molar-refractivity contribution in [1.82, 2.24) is 10.3 Å². The molecule has 2 N–H and O–H groups in total. The summed E-state index contributed by atoms with van der Waals surface area (Å²) in [6, 6.07) is 1.88. The molecule has 1 amide bonds. The molecule has 5 heteroatoms. The van der Waals surface area contributed by atoms with E-state index >= 15 is 0 Å². The Bertz CT molecular complexity index is 456. The van der Waals surface area contributed by atoms with Crippen molar-refractivity contribution in [3.8, 4) is 0 Å². The molecule has 0 spiro atoms. The second kappa shape index (κ2) is 5.36. The summed E-state index contributed by atoms with van der Waals surface area (Å²) in [5.41, 5.74) is 0.646. The van der Waals surface area contributed by atoms with Crippen molar-refractivity contribution in [3.63, 3.8) is 0 Å². The normalized spacial score (nSPS) is 23.1. The van der Waals surface area contributed by atoms with Crippen LogP contribution in [-0.2, 0) is 4.79 Å². The van der Waals surface area contributed by atoms with Crippen molar-refractivity contribution in [2.75, 3.05) is 11.9 Å². The summed E-state index contributed by atoms with van der Waals surface area (Å²) in [5.74, 6) is 0.638. The molecule has 2 heterocycles. The van der Waals surface area contributed by atoms with E-state index < -0.39 is 5.54 Å². The highest BCUT2D eigenvalue weighted by Crippen LogP contribution is 2.25. The molecular formula is C13H18BrN3O. The second-order valence-corrected chi connectivity index (χ2v) is 5.59. The average Bonchev–Trinajstić information content (AvgIpc) is 2.84. The number of aryl methyl sites for hydroxylation is 1. The van der Waals surface area contributed by atoms with Crippen LogP contribution in [0.25, 0.3) is 0 Å². The first-order valence-electron chi connectivity index (χ1n) is 6.26. The standard InChI is InChI=1S/C13H18BrN3O/c1-3-13(5-4-6-16-13)12(18)17-11-7-9(2)10(14)8-15-11/h7-8,16H,3-6H2,1-2H3,(H,15,17,18). The van der Waals surface area contributed by atoms with E-state index in [4.69, 9.17) is 0 Å². The zero-order valence-corrected chi connectivity index (χ0v) is 12.3. The van der Waals surface area contributed by atoms with E-state index in [0.29, 0.717) is 5.82 Å². The smallest absolute Gasteiger partial charge is 0.245 e. The Hall–Kier alpha value is -0.940. The van der Waals surface area contributed by atoms with E-state index in [1.54, 1.807) is 6.20 Å². The van der Waals surface area contributed by atoms with Gasteiger partial charge in [0.25, 0.3) is 0 Å². The Morgan fingerprint density at radius 2 is 2.44 bits per heavy atom. The van der Waals surface area contributed by atoms with Gasteiger partial charge in [0.1, 0.15) is 5.82 Å². The Morgan fingerprint density at radius 1 is 1.67 bits per heavy atom. The summed E-state index contributed by atoms with van der Waals surface area (Å²) in [6.45, 7) is 4.93. The maximum Gasteiger partial charge on any atom is 0.245 e. The molecule has 0 saturated carbocycles. The molecule has 0 radical (unpaired) electrons. The quantitative estimate of drug-likeness (QED) is 0.902. The Kier molecular flexibility index (Phi) is 4.02. The number of hydrogen-bond donors (Lipinski definition) is 2. The fourth-order valence-corrected chi connectivity index (χ4v) is 2.52. The number of nitrogens with one attached hydrogen (secondary N) is 2. The van der Waals surface area contributed by atoms with Crippen LogP contribution >= 0.6 is 15.9 Å². The summed E-state index contributed by atoms with van der Waals surface area (Å²) in [5, 5.41) is 6.23. The highest BCUT2D eigenvalue weighted by Gasteiger charge is 2.39. The van der Waals surface area contributed by atoms with Crippen LogP contribution in [0.1, 0.15) is 31.7 Å². The van der Waals surface area contributed by atoms with Crippen LogP contribution < -0.4 is 10.6 Å². The number of pyridine rings is 1. The molecule has 1 aliphatic rings. The number of nitrogens with zero attached hydrogens (tertiary/aromatic N) is 1. The number of anilines is 1. The van der Waals surface area contributed by atoms with Gasteiger partial charge in [-0.15, -0.1) is 0 Å². The number of hydrogen-bond acceptors (Lipinski definition) is 3. The third-order valence-corrected chi connectivity index (χ3v) is 4.40. The summed E-state index contributed by atoms with van der Waals surface area (Å²) >= 11 is 3.40. The van der Waals surface area contributed by atoms with E-state index in [2.05, 4.69) is 31.5 Å². The molecule has 98 valence electrons. The van der Waals surface area contributed by atoms with Crippen molar-refractivity contribution in [2.45, 2.75) is 38.6 Å².